The monoisotopic (exact) mass is 240 g/mol. The van der Waals surface area contributed by atoms with Gasteiger partial charge in [0.1, 0.15) is 0 Å². The molecule has 1 heteroatoms. The van der Waals surface area contributed by atoms with E-state index in [1.54, 1.807) is 5.56 Å². The summed E-state index contributed by atoms with van der Waals surface area (Å²) in [5.74, 6) is 0. The van der Waals surface area contributed by atoms with Crippen LogP contribution in [0, 0.1) is 0 Å². The standard InChI is InChI=1S/C12H17Br/c1-4-9-7-8-12(13)11(6-3)10(9)5-2/h7-8H,4-6H2,1-3H3. The second-order valence-corrected chi connectivity index (χ2v) is 4.08. The fraction of sp³-hybridized carbons (Fsp3) is 0.500. The Balaban J connectivity index is 3.27. The summed E-state index contributed by atoms with van der Waals surface area (Å²) in [7, 11) is 0. The largest absolute Gasteiger partial charge is 0.0613 e. The van der Waals surface area contributed by atoms with Gasteiger partial charge in [-0.15, -0.1) is 0 Å². The first-order chi connectivity index (χ1) is 6.24. The first-order valence-electron chi connectivity index (χ1n) is 5.03. The van der Waals surface area contributed by atoms with E-state index in [1.807, 2.05) is 0 Å². The van der Waals surface area contributed by atoms with Crippen molar-refractivity contribution in [2.75, 3.05) is 0 Å². The number of aryl methyl sites for hydroxylation is 1. The van der Waals surface area contributed by atoms with Gasteiger partial charge in [0.05, 0.1) is 0 Å². The molecule has 0 unspecified atom stereocenters. The Morgan fingerprint density at radius 3 is 2.00 bits per heavy atom. The molecule has 0 aliphatic heterocycles. The van der Waals surface area contributed by atoms with E-state index >= 15 is 0 Å². The summed E-state index contributed by atoms with van der Waals surface area (Å²) in [4.78, 5) is 0. The number of hydrogen-bond acceptors (Lipinski definition) is 0. The van der Waals surface area contributed by atoms with Crippen LogP contribution < -0.4 is 0 Å². The molecule has 0 fully saturated rings. The van der Waals surface area contributed by atoms with Crippen LogP contribution in [0.5, 0.6) is 0 Å². The van der Waals surface area contributed by atoms with Crippen LogP contribution in [0.15, 0.2) is 16.6 Å². The molecule has 0 saturated heterocycles. The number of rotatable bonds is 3. The van der Waals surface area contributed by atoms with Gasteiger partial charge in [0.15, 0.2) is 0 Å². The molecule has 0 saturated carbocycles. The zero-order valence-corrected chi connectivity index (χ0v) is 10.2. The molecule has 72 valence electrons. The predicted octanol–water partition coefficient (Wildman–Crippen LogP) is 4.14. The van der Waals surface area contributed by atoms with Crippen molar-refractivity contribution in [3.8, 4) is 0 Å². The molecule has 0 aliphatic rings. The van der Waals surface area contributed by atoms with E-state index in [2.05, 4.69) is 48.8 Å². The van der Waals surface area contributed by atoms with Gasteiger partial charge in [-0.1, -0.05) is 42.8 Å². The molecule has 0 spiro atoms. The van der Waals surface area contributed by atoms with Crippen LogP contribution in [0.3, 0.4) is 0 Å². The van der Waals surface area contributed by atoms with Gasteiger partial charge in [0, 0.05) is 4.47 Å². The average Bonchev–Trinajstić information content (AvgIpc) is 2.17. The third kappa shape index (κ3) is 2.14. The lowest BCUT2D eigenvalue weighted by Crippen LogP contribution is -1.98. The molecule has 0 N–H and O–H groups in total. The number of halogens is 1. The molecule has 13 heavy (non-hydrogen) atoms. The zero-order chi connectivity index (χ0) is 9.84. The Bertz CT molecular complexity index is 289. The molecule has 0 amide bonds. The van der Waals surface area contributed by atoms with Crippen molar-refractivity contribution in [1.82, 2.24) is 0 Å². The van der Waals surface area contributed by atoms with E-state index in [9.17, 15) is 0 Å². The first-order valence-corrected chi connectivity index (χ1v) is 5.82. The summed E-state index contributed by atoms with van der Waals surface area (Å²) < 4.78 is 1.27. The Hall–Kier alpha value is -0.300. The highest BCUT2D eigenvalue weighted by Gasteiger charge is 2.07. The fourth-order valence-corrected chi connectivity index (χ4v) is 2.52. The zero-order valence-electron chi connectivity index (χ0n) is 8.65. The van der Waals surface area contributed by atoms with Crippen molar-refractivity contribution in [3.63, 3.8) is 0 Å². The first kappa shape index (κ1) is 10.8. The maximum Gasteiger partial charge on any atom is 0.0210 e. The highest BCUT2D eigenvalue weighted by atomic mass is 79.9. The molecular formula is C12H17Br. The number of hydrogen-bond donors (Lipinski definition) is 0. The molecule has 0 bridgehead atoms. The van der Waals surface area contributed by atoms with Gasteiger partial charge >= 0.3 is 0 Å². The van der Waals surface area contributed by atoms with Gasteiger partial charge in [0.2, 0.25) is 0 Å². The number of benzene rings is 1. The second kappa shape index (κ2) is 4.80. The van der Waals surface area contributed by atoms with Crippen LogP contribution in [0.2, 0.25) is 0 Å². The summed E-state index contributed by atoms with van der Waals surface area (Å²) in [6.07, 6.45) is 3.41. The summed E-state index contributed by atoms with van der Waals surface area (Å²) in [5.41, 5.74) is 4.53. The summed E-state index contributed by atoms with van der Waals surface area (Å²) in [6, 6.07) is 4.42. The third-order valence-electron chi connectivity index (χ3n) is 2.56. The van der Waals surface area contributed by atoms with E-state index in [-0.39, 0.29) is 0 Å². The topological polar surface area (TPSA) is 0 Å². The summed E-state index contributed by atoms with van der Waals surface area (Å²) in [5, 5.41) is 0. The SMILES string of the molecule is CCc1ccc(Br)c(CC)c1CC. The van der Waals surface area contributed by atoms with E-state index in [4.69, 9.17) is 0 Å². The summed E-state index contributed by atoms with van der Waals surface area (Å²) >= 11 is 3.61. The van der Waals surface area contributed by atoms with Gasteiger partial charge in [-0.3, -0.25) is 0 Å². The molecule has 0 nitrogen and oxygen atoms in total. The second-order valence-electron chi connectivity index (χ2n) is 3.22. The van der Waals surface area contributed by atoms with Crippen molar-refractivity contribution in [2.45, 2.75) is 40.0 Å². The lowest BCUT2D eigenvalue weighted by molar-refractivity contribution is 0.975. The van der Waals surface area contributed by atoms with Crippen LogP contribution in [-0.2, 0) is 19.3 Å². The van der Waals surface area contributed by atoms with E-state index in [0.29, 0.717) is 0 Å². The molecule has 0 aliphatic carbocycles. The highest BCUT2D eigenvalue weighted by molar-refractivity contribution is 9.10. The van der Waals surface area contributed by atoms with Crippen molar-refractivity contribution in [2.24, 2.45) is 0 Å². The smallest absolute Gasteiger partial charge is 0.0210 e. The molecule has 0 atom stereocenters. The maximum absolute atomic E-state index is 3.61. The highest BCUT2D eigenvalue weighted by Crippen LogP contribution is 2.25. The molecule has 1 aromatic rings. The molecule has 0 aromatic heterocycles. The quantitative estimate of drug-likeness (QED) is 0.746. The lowest BCUT2D eigenvalue weighted by Gasteiger charge is -2.12. The Morgan fingerprint density at radius 1 is 0.923 bits per heavy atom. The van der Waals surface area contributed by atoms with Crippen LogP contribution in [0.4, 0.5) is 0 Å². The molecule has 0 radical (unpaired) electrons. The summed E-state index contributed by atoms with van der Waals surface area (Å²) in [6.45, 7) is 6.68. The molecule has 0 heterocycles. The van der Waals surface area contributed by atoms with Crippen molar-refractivity contribution in [3.05, 3.63) is 33.3 Å². The van der Waals surface area contributed by atoms with Gasteiger partial charge in [-0.05, 0) is 42.0 Å². The third-order valence-corrected chi connectivity index (χ3v) is 3.30. The Kier molecular flexibility index (Phi) is 3.98. The van der Waals surface area contributed by atoms with Crippen LogP contribution in [0.1, 0.15) is 37.5 Å². The van der Waals surface area contributed by atoms with Gasteiger partial charge in [-0.25, -0.2) is 0 Å². The molecule has 1 aromatic carbocycles. The average molecular weight is 241 g/mol. The van der Waals surface area contributed by atoms with Crippen molar-refractivity contribution < 1.29 is 0 Å². The van der Waals surface area contributed by atoms with Crippen LogP contribution in [-0.4, -0.2) is 0 Å². The van der Waals surface area contributed by atoms with E-state index in [0.717, 1.165) is 19.3 Å². The van der Waals surface area contributed by atoms with Crippen molar-refractivity contribution >= 4 is 15.9 Å². The van der Waals surface area contributed by atoms with Crippen molar-refractivity contribution in [1.29, 1.82) is 0 Å². The minimum atomic E-state index is 1.12. The maximum atomic E-state index is 3.61. The van der Waals surface area contributed by atoms with E-state index < -0.39 is 0 Å². The van der Waals surface area contributed by atoms with Gasteiger partial charge in [-0.2, -0.15) is 0 Å². The van der Waals surface area contributed by atoms with Gasteiger partial charge in [0.25, 0.3) is 0 Å². The normalized spacial score (nSPS) is 10.5. The van der Waals surface area contributed by atoms with Gasteiger partial charge < -0.3 is 0 Å². The lowest BCUT2D eigenvalue weighted by atomic mass is 9.96. The molecular weight excluding hydrogens is 224 g/mol. The fourth-order valence-electron chi connectivity index (χ4n) is 1.87. The Labute approximate surface area is 89.5 Å². The molecule has 1 rings (SSSR count). The van der Waals surface area contributed by atoms with E-state index in [1.165, 1.54) is 15.6 Å². The predicted molar refractivity (Wildman–Crippen MR) is 62.3 cm³/mol. The minimum absolute atomic E-state index is 1.12. The Morgan fingerprint density at radius 2 is 1.54 bits per heavy atom. The minimum Gasteiger partial charge on any atom is -0.0613 e. The van der Waals surface area contributed by atoms with Crippen LogP contribution in [0.25, 0.3) is 0 Å². The van der Waals surface area contributed by atoms with Crippen LogP contribution >= 0.6 is 15.9 Å².